The van der Waals surface area contributed by atoms with Gasteiger partial charge in [-0.3, -0.25) is 9.59 Å². The van der Waals surface area contributed by atoms with Crippen molar-refractivity contribution < 1.29 is 14.3 Å². The summed E-state index contributed by atoms with van der Waals surface area (Å²) in [6.45, 7) is 0.388. The van der Waals surface area contributed by atoms with Crippen molar-refractivity contribution in [2.75, 3.05) is 10.6 Å². The lowest BCUT2D eigenvalue weighted by Gasteiger charge is -2.08. The van der Waals surface area contributed by atoms with E-state index in [-0.39, 0.29) is 11.8 Å². The van der Waals surface area contributed by atoms with E-state index in [0.29, 0.717) is 40.7 Å². The summed E-state index contributed by atoms with van der Waals surface area (Å²) in [6.07, 6.45) is 0.399. The average molecular weight is 353 g/mol. The van der Waals surface area contributed by atoms with Gasteiger partial charge in [0.05, 0.1) is 5.57 Å². The summed E-state index contributed by atoms with van der Waals surface area (Å²) in [5, 5.41) is 6.22. The third-order valence-corrected chi connectivity index (χ3v) is 4.52. The number of amides is 2. The predicted molar refractivity (Wildman–Crippen MR) is 100 cm³/mol. The summed E-state index contributed by atoms with van der Waals surface area (Å²) in [5.41, 5.74) is 4.37. The van der Waals surface area contributed by atoms with E-state index < -0.39 is 0 Å². The molecule has 2 aromatic rings. The monoisotopic (exact) mass is 352 g/mol. The highest BCUT2D eigenvalue weighted by Crippen LogP contribution is 2.42. The summed E-state index contributed by atoms with van der Waals surface area (Å²) >= 11 is 6.09. The molecule has 0 saturated carbocycles. The van der Waals surface area contributed by atoms with Crippen molar-refractivity contribution in [3.8, 4) is 0 Å². The first kappa shape index (κ1) is 15.8. The maximum absolute atomic E-state index is 12.5. The third-order valence-electron chi connectivity index (χ3n) is 4.28. The van der Waals surface area contributed by atoms with Crippen LogP contribution in [0.1, 0.15) is 16.7 Å². The Morgan fingerprint density at radius 3 is 2.88 bits per heavy atom. The van der Waals surface area contributed by atoms with Gasteiger partial charge in [-0.2, -0.15) is 0 Å². The smallest absolute Gasteiger partial charge is 0.260 e. The van der Waals surface area contributed by atoms with Crippen LogP contribution in [0.2, 0.25) is 11.3 Å². The molecular weight excluding hydrogens is 338 g/mol. The first-order valence-corrected chi connectivity index (χ1v) is 8.36. The Balaban J connectivity index is 1.84. The van der Waals surface area contributed by atoms with Crippen molar-refractivity contribution in [1.82, 2.24) is 0 Å². The largest absolute Gasteiger partial charge is 0.487 e. The Morgan fingerprint density at radius 2 is 2.08 bits per heavy atom. The number of ether oxygens (including phenoxy) is 1. The van der Waals surface area contributed by atoms with Gasteiger partial charge < -0.3 is 15.4 Å². The molecule has 0 radical (unpaired) electrons. The highest BCUT2D eigenvalue weighted by Gasteiger charge is 2.32. The Bertz CT molecular complexity index is 955. The minimum Gasteiger partial charge on any atom is -0.487 e. The zero-order valence-electron chi connectivity index (χ0n) is 13.5. The van der Waals surface area contributed by atoms with Crippen LogP contribution in [0, 0.1) is 0 Å². The highest BCUT2D eigenvalue weighted by molar-refractivity contribution is 6.38. The zero-order chi connectivity index (χ0) is 17.6. The van der Waals surface area contributed by atoms with Crippen LogP contribution in [-0.4, -0.2) is 19.7 Å². The molecular formula is C18H14BClN2O3. The minimum atomic E-state index is -0.219. The molecule has 2 heterocycles. The number of halogens is 1. The number of fused-ring (bicyclic) bond motifs is 2. The van der Waals surface area contributed by atoms with Gasteiger partial charge in [0, 0.05) is 33.1 Å². The van der Waals surface area contributed by atoms with Crippen LogP contribution in [0.5, 0.6) is 0 Å². The van der Waals surface area contributed by atoms with Crippen molar-refractivity contribution in [2.24, 2.45) is 0 Å². The molecule has 0 saturated heterocycles. The number of carbonyl (C=O) groups is 2. The Kier molecular flexibility index (Phi) is 3.77. The summed E-state index contributed by atoms with van der Waals surface area (Å²) in [6, 6.07) is 10.8. The molecule has 0 fully saturated rings. The quantitative estimate of drug-likeness (QED) is 0.645. The van der Waals surface area contributed by atoms with Crippen LogP contribution < -0.4 is 10.6 Å². The molecule has 0 spiro atoms. The lowest BCUT2D eigenvalue weighted by Crippen LogP contribution is -2.10. The zero-order valence-corrected chi connectivity index (χ0v) is 14.2. The molecule has 0 aliphatic carbocycles. The first-order valence-electron chi connectivity index (χ1n) is 7.98. The lowest BCUT2D eigenvalue weighted by molar-refractivity contribution is -0.114. The van der Waals surface area contributed by atoms with E-state index in [4.69, 9.17) is 16.3 Å². The number of hydrogen-bond donors (Lipinski definition) is 2. The van der Waals surface area contributed by atoms with Gasteiger partial charge in [0.2, 0.25) is 5.91 Å². The Morgan fingerprint density at radius 1 is 1.24 bits per heavy atom. The topological polar surface area (TPSA) is 67.4 Å². The van der Waals surface area contributed by atoms with Crippen LogP contribution >= 0.6 is 11.6 Å². The molecule has 2 aliphatic rings. The molecule has 7 heteroatoms. The lowest BCUT2D eigenvalue weighted by atomic mass is 10.00. The van der Waals surface area contributed by atoms with Gasteiger partial charge >= 0.3 is 0 Å². The SMILES string of the molecule is BCC(=O)Nc1ccc2c(c1)/C(=C1\C(=O)Nc3ccc(Cl)cc31)OC2. The third kappa shape index (κ3) is 2.68. The number of anilines is 2. The van der Waals surface area contributed by atoms with E-state index in [1.165, 1.54) is 0 Å². The molecule has 0 unspecified atom stereocenters. The summed E-state index contributed by atoms with van der Waals surface area (Å²) in [5.74, 6) is 0.230. The van der Waals surface area contributed by atoms with Crippen molar-refractivity contribution >= 4 is 54.0 Å². The fourth-order valence-corrected chi connectivity index (χ4v) is 3.21. The molecule has 2 amide bonds. The van der Waals surface area contributed by atoms with Crippen molar-refractivity contribution in [1.29, 1.82) is 0 Å². The van der Waals surface area contributed by atoms with E-state index >= 15 is 0 Å². The summed E-state index contributed by atoms with van der Waals surface area (Å²) < 4.78 is 5.82. The van der Waals surface area contributed by atoms with E-state index in [1.54, 1.807) is 26.0 Å². The molecule has 4 rings (SSSR count). The number of benzene rings is 2. The van der Waals surface area contributed by atoms with Gasteiger partial charge in [-0.05, 0) is 36.7 Å². The van der Waals surface area contributed by atoms with Crippen molar-refractivity contribution in [2.45, 2.75) is 12.9 Å². The summed E-state index contributed by atoms with van der Waals surface area (Å²) in [4.78, 5) is 24.1. The van der Waals surface area contributed by atoms with Crippen LogP contribution in [0.25, 0.3) is 11.3 Å². The number of nitrogens with one attached hydrogen (secondary N) is 2. The van der Waals surface area contributed by atoms with Gasteiger partial charge in [0.25, 0.3) is 5.91 Å². The molecule has 0 atom stereocenters. The second-order valence-electron chi connectivity index (χ2n) is 5.91. The van der Waals surface area contributed by atoms with Crippen LogP contribution in [0.15, 0.2) is 36.4 Å². The van der Waals surface area contributed by atoms with Crippen molar-refractivity contribution in [3.63, 3.8) is 0 Å². The molecule has 0 aromatic heterocycles. The van der Waals surface area contributed by atoms with E-state index in [1.807, 2.05) is 18.2 Å². The Hall–Kier alpha value is -2.73. The van der Waals surface area contributed by atoms with Gasteiger partial charge in [-0.15, -0.1) is 0 Å². The predicted octanol–water partition coefficient (Wildman–Crippen LogP) is 2.68. The molecule has 124 valence electrons. The fraction of sp³-hybridized carbons (Fsp3) is 0.111. The standard InChI is InChI=1S/C18H14BClN2O3/c19-7-15(23)21-11-3-1-9-8-25-17(12(9)6-11)16-13-5-10(20)2-4-14(13)22-18(16)24/h1-6H,7-8,19H2,(H,21,23)(H,22,24)/b17-16+. The number of rotatable bonds is 2. The highest BCUT2D eigenvalue weighted by atomic mass is 35.5. The molecule has 2 aromatic carbocycles. The number of hydrogen-bond acceptors (Lipinski definition) is 3. The average Bonchev–Trinajstić information content (AvgIpc) is 3.14. The number of carbonyl (C=O) groups excluding carboxylic acids is 2. The van der Waals surface area contributed by atoms with E-state index in [9.17, 15) is 9.59 Å². The van der Waals surface area contributed by atoms with Gasteiger partial charge in [-0.25, -0.2) is 0 Å². The molecule has 2 N–H and O–H groups in total. The van der Waals surface area contributed by atoms with Crippen LogP contribution in [0.3, 0.4) is 0 Å². The van der Waals surface area contributed by atoms with Gasteiger partial charge in [0.15, 0.2) is 0 Å². The summed E-state index contributed by atoms with van der Waals surface area (Å²) in [7, 11) is 1.79. The van der Waals surface area contributed by atoms with E-state index in [2.05, 4.69) is 10.6 Å². The van der Waals surface area contributed by atoms with Crippen LogP contribution in [0.4, 0.5) is 11.4 Å². The van der Waals surface area contributed by atoms with Gasteiger partial charge in [-0.1, -0.05) is 17.7 Å². The molecule has 0 bridgehead atoms. The normalized spacial score (nSPS) is 17.6. The minimum absolute atomic E-state index is 0.0659. The van der Waals surface area contributed by atoms with Crippen LogP contribution in [-0.2, 0) is 20.9 Å². The maximum Gasteiger partial charge on any atom is 0.260 e. The van der Waals surface area contributed by atoms with Crippen molar-refractivity contribution in [3.05, 3.63) is 58.1 Å². The first-order chi connectivity index (χ1) is 12.1. The second-order valence-corrected chi connectivity index (χ2v) is 6.35. The van der Waals surface area contributed by atoms with E-state index in [0.717, 1.165) is 16.7 Å². The fourth-order valence-electron chi connectivity index (χ4n) is 3.04. The maximum atomic E-state index is 12.5. The second kappa shape index (κ2) is 5.97. The van der Waals surface area contributed by atoms with Gasteiger partial charge in [0.1, 0.15) is 20.2 Å². The Labute approximate surface area is 150 Å². The molecule has 2 aliphatic heterocycles. The molecule has 5 nitrogen and oxygen atoms in total. The molecule has 25 heavy (non-hydrogen) atoms.